The van der Waals surface area contributed by atoms with Gasteiger partial charge in [0.05, 0.1) is 23.1 Å². The third-order valence-corrected chi connectivity index (χ3v) is 8.77. The first-order chi connectivity index (χ1) is 17.5. The quantitative estimate of drug-likeness (QED) is 0.238. The summed E-state index contributed by atoms with van der Waals surface area (Å²) in [5.74, 6) is -1.09. The number of hydrogen-bond donors (Lipinski definition) is 0. The number of carbonyl (C=O) groups excluding carboxylic acids is 3. The number of nitrogens with zero attached hydrogens (tertiary/aromatic N) is 1. The summed E-state index contributed by atoms with van der Waals surface area (Å²) < 4.78 is 5.89. The molecule has 1 spiro atoms. The SMILES string of the molecule is O=C(c1cccs1)C1C(c2ccco2)C2(C(=O)c3ccccc3C2=O)C2C=Cc3cc(Cl)ccc3N12. The molecule has 0 N–H and O–H groups in total. The number of ketones is 3. The molecular formula is C29H18ClNO4S. The Labute approximate surface area is 215 Å². The monoisotopic (exact) mass is 511 g/mol. The molecule has 5 nitrogen and oxygen atoms in total. The summed E-state index contributed by atoms with van der Waals surface area (Å²) in [6.07, 6.45) is 5.29. The molecule has 0 saturated carbocycles. The van der Waals surface area contributed by atoms with Gasteiger partial charge in [0.15, 0.2) is 17.3 Å². The van der Waals surface area contributed by atoms with Gasteiger partial charge in [-0.1, -0.05) is 54.1 Å². The molecule has 2 aromatic heterocycles. The average molecular weight is 512 g/mol. The highest BCUT2D eigenvalue weighted by Gasteiger charge is 2.72. The lowest BCUT2D eigenvalue weighted by molar-refractivity contribution is 0.0652. The van der Waals surface area contributed by atoms with E-state index in [1.165, 1.54) is 17.6 Å². The van der Waals surface area contributed by atoms with E-state index in [4.69, 9.17) is 16.0 Å². The molecule has 4 heterocycles. The van der Waals surface area contributed by atoms with Crippen LogP contribution in [0, 0.1) is 5.41 Å². The van der Waals surface area contributed by atoms with Crippen LogP contribution in [0.15, 0.2) is 88.9 Å². The minimum Gasteiger partial charge on any atom is -0.469 e. The molecular weight excluding hydrogens is 494 g/mol. The van der Waals surface area contributed by atoms with Gasteiger partial charge in [-0.05, 0) is 47.3 Å². The summed E-state index contributed by atoms with van der Waals surface area (Å²) in [6, 6.07) is 18.0. The van der Waals surface area contributed by atoms with Crippen molar-refractivity contribution >= 4 is 52.1 Å². The van der Waals surface area contributed by atoms with Gasteiger partial charge < -0.3 is 9.32 Å². The van der Waals surface area contributed by atoms with Crippen LogP contribution in [0.4, 0.5) is 5.69 Å². The minimum absolute atomic E-state index is 0.152. The Morgan fingerprint density at radius 3 is 2.42 bits per heavy atom. The minimum atomic E-state index is -1.55. The smallest absolute Gasteiger partial charge is 0.195 e. The highest BCUT2D eigenvalue weighted by molar-refractivity contribution is 7.12. The molecule has 1 fully saturated rings. The fourth-order valence-electron chi connectivity index (χ4n) is 6.29. The van der Waals surface area contributed by atoms with Crippen molar-refractivity contribution in [1.82, 2.24) is 0 Å². The van der Waals surface area contributed by atoms with E-state index in [1.807, 2.05) is 40.6 Å². The van der Waals surface area contributed by atoms with Crippen molar-refractivity contribution < 1.29 is 18.8 Å². The third kappa shape index (κ3) is 2.63. The second-order valence-corrected chi connectivity index (χ2v) is 10.7. The van der Waals surface area contributed by atoms with Gasteiger partial charge in [-0.25, -0.2) is 0 Å². The molecule has 0 bridgehead atoms. The summed E-state index contributed by atoms with van der Waals surface area (Å²) >= 11 is 7.64. The van der Waals surface area contributed by atoms with E-state index in [1.54, 1.807) is 48.5 Å². The lowest BCUT2D eigenvalue weighted by atomic mass is 9.66. The number of rotatable bonds is 3. The summed E-state index contributed by atoms with van der Waals surface area (Å²) in [4.78, 5) is 45.5. The first-order valence-corrected chi connectivity index (χ1v) is 12.8. The summed E-state index contributed by atoms with van der Waals surface area (Å²) in [5.41, 5.74) is 0.810. The van der Waals surface area contributed by atoms with E-state index in [0.29, 0.717) is 26.8 Å². The number of hydrogen-bond acceptors (Lipinski definition) is 6. The Kier molecular flexibility index (Phi) is 4.56. The van der Waals surface area contributed by atoms with Crippen LogP contribution >= 0.6 is 22.9 Å². The second kappa shape index (κ2) is 7.63. The van der Waals surface area contributed by atoms with Crippen LogP contribution in [0.2, 0.25) is 5.02 Å². The van der Waals surface area contributed by atoms with Gasteiger partial charge >= 0.3 is 0 Å². The molecule has 3 atom stereocenters. The number of benzene rings is 2. The Balaban J connectivity index is 1.55. The van der Waals surface area contributed by atoms with Crippen molar-refractivity contribution in [3.05, 3.63) is 117 Å². The zero-order chi connectivity index (χ0) is 24.6. The highest BCUT2D eigenvalue weighted by Crippen LogP contribution is 2.61. The van der Waals surface area contributed by atoms with Crippen LogP contribution in [0.25, 0.3) is 6.08 Å². The molecule has 0 amide bonds. The Bertz CT molecular complexity index is 1550. The largest absolute Gasteiger partial charge is 0.469 e. The van der Waals surface area contributed by atoms with Crippen LogP contribution in [0.5, 0.6) is 0 Å². The third-order valence-electron chi connectivity index (χ3n) is 7.65. The first kappa shape index (κ1) is 21.5. The van der Waals surface area contributed by atoms with Gasteiger partial charge in [0.1, 0.15) is 17.2 Å². The van der Waals surface area contributed by atoms with Crippen molar-refractivity contribution in [3.63, 3.8) is 0 Å². The number of Topliss-reactive ketones (excluding diaryl/α,β-unsaturated/α-hetero) is 3. The predicted octanol–water partition coefficient (Wildman–Crippen LogP) is 6.31. The summed E-state index contributed by atoms with van der Waals surface area (Å²) in [5, 5.41) is 2.41. The maximum Gasteiger partial charge on any atom is 0.195 e. The van der Waals surface area contributed by atoms with Gasteiger partial charge in [0.25, 0.3) is 0 Å². The number of anilines is 1. The zero-order valence-corrected chi connectivity index (χ0v) is 20.3. The van der Waals surface area contributed by atoms with Gasteiger partial charge in [-0.2, -0.15) is 0 Å². The van der Waals surface area contributed by atoms with Crippen molar-refractivity contribution in [1.29, 1.82) is 0 Å². The van der Waals surface area contributed by atoms with Gasteiger partial charge in [-0.15, -0.1) is 11.3 Å². The van der Waals surface area contributed by atoms with E-state index in [2.05, 4.69) is 0 Å². The molecule has 1 aliphatic carbocycles. The molecule has 7 rings (SSSR count). The molecule has 3 aliphatic rings. The van der Waals surface area contributed by atoms with Gasteiger partial charge in [-0.3, -0.25) is 14.4 Å². The van der Waals surface area contributed by atoms with E-state index in [-0.39, 0.29) is 17.3 Å². The van der Waals surface area contributed by atoms with Crippen LogP contribution < -0.4 is 4.90 Å². The zero-order valence-electron chi connectivity index (χ0n) is 18.8. The number of furan rings is 1. The van der Waals surface area contributed by atoms with Gasteiger partial charge in [0, 0.05) is 21.8 Å². The number of carbonyl (C=O) groups is 3. The topological polar surface area (TPSA) is 67.6 Å². The van der Waals surface area contributed by atoms with E-state index >= 15 is 0 Å². The van der Waals surface area contributed by atoms with Crippen molar-refractivity contribution in [2.75, 3.05) is 4.90 Å². The molecule has 2 aliphatic heterocycles. The van der Waals surface area contributed by atoms with Crippen LogP contribution in [-0.2, 0) is 0 Å². The predicted molar refractivity (Wildman–Crippen MR) is 138 cm³/mol. The van der Waals surface area contributed by atoms with Crippen molar-refractivity contribution in [2.45, 2.75) is 18.0 Å². The van der Waals surface area contributed by atoms with E-state index in [9.17, 15) is 14.4 Å². The van der Waals surface area contributed by atoms with E-state index < -0.39 is 23.4 Å². The summed E-state index contributed by atoms with van der Waals surface area (Å²) in [6.45, 7) is 0. The first-order valence-electron chi connectivity index (χ1n) is 11.6. The number of thiophene rings is 1. The standard InChI is InChI=1S/C29H18ClNO4S/c30-17-10-11-20-16(15-17)9-12-23-29(27(33)18-5-1-2-6-19(18)28(29)34)24(21-7-3-13-35-21)25(31(20)23)26(32)22-8-4-14-36-22/h1-15,23-25H. The molecule has 4 aromatic rings. The van der Waals surface area contributed by atoms with Crippen molar-refractivity contribution in [2.24, 2.45) is 5.41 Å². The Hall–Kier alpha value is -3.74. The lowest BCUT2D eigenvalue weighted by Crippen LogP contribution is -2.48. The second-order valence-electron chi connectivity index (χ2n) is 9.27. The number of fused-ring (bicyclic) bond motifs is 5. The average Bonchev–Trinajstić information content (AvgIpc) is 3.68. The number of halogens is 1. The molecule has 7 heteroatoms. The Morgan fingerprint density at radius 2 is 1.75 bits per heavy atom. The van der Waals surface area contributed by atoms with E-state index in [0.717, 1.165) is 11.3 Å². The molecule has 0 radical (unpaired) electrons. The highest BCUT2D eigenvalue weighted by atomic mass is 35.5. The van der Waals surface area contributed by atoms with Crippen LogP contribution in [0.1, 0.15) is 47.6 Å². The maximum atomic E-state index is 14.4. The fraction of sp³-hybridized carbons (Fsp3) is 0.138. The molecule has 176 valence electrons. The molecule has 2 aromatic carbocycles. The molecule has 36 heavy (non-hydrogen) atoms. The van der Waals surface area contributed by atoms with Crippen molar-refractivity contribution in [3.8, 4) is 0 Å². The van der Waals surface area contributed by atoms with Crippen LogP contribution in [-0.4, -0.2) is 29.4 Å². The van der Waals surface area contributed by atoms with Crippen LogP contribution in [0.3, 0.4) is 0 Å². The molecule has 1 saturated heterocycles. The normalized spacial score (nSPS) is 23.1. The molecule has 3 unspecified atom stereocenters. The van der Waals surface area contributed by atoms with Gasteiger partial charge in [0.2, 0.25) is 0 Å². The maximum absolute atomic E-state index is 14.4. The fourth-order valence-corrected chi connectivity index (χ4v) is 7.17. The lowest BCUT2D eigenvalue weighted by Gasteiger charge is -2.37. The Morgan fingerprint density at radius 1 is 0.972 bits per heavy atom. The summed E-state index contributed by atoms with van der Waals surface area (Å²) in [7, 11) is 0.